The van der Waals surface area contributed by atoms with Crippen molar-refractivity contribution in [1.82, 2.24) is 19.9 Å². The zero-order valence-corrected chi connectivity index (χ0v) is 42.3. The molecule has 0 radical (unpaired) electrons. The van der Waals surface area contributed by atoms with Crippen LogP contribution >= 0.6 is 11.8 Å². The Bertz CT molecular complexity index is 3130. The van der Waals surface area contributed by atoms with Gasteiger partial charge in [0.05, 0.1) is 40.3 Å². The van der Waals surface area contributed by atoms with E-state index in [0.717, 1.165) is 93.8 Å². The summed E-state index contributed by atoms with van der Waals surface area (Å²) in [6.07, 6.45) is 8.76. The first-order chi connectivity index (χ1) is 31.6. The van der Waals surface area contributed by atoms with Gasteiger partial charge >= 0.3 is 0 Å². The van der Waals surface area contributed by atoms with Gasteiger partial charge in [0.1, 0.15) is 5.75 Å². The van der Waals surface area contributed by atoms with Crippen LogP contribution in [0.5, 0.6) is 5.75 Å². The normalized spacial score (nSPS) is 13.1. The van der Waals surface area contributed by atoms with E-state index < -0.39 is 0 Å². The summed E-state index contributed by atoms with van der Waals surface area (Å²) in [6.45, 7) is 27.6. The van der Waals surface area contributed by atoms with Gasteiger partial charge in [-0.15, -0.1) is 0 Å². The minimum absolute atomic E-state index is 0.0741. The van der Waals surface area contributed by atoms with Crippen molar-refractivity contribution < 1.29 is 4.74 Å². The van der Waals surface area contributed by atoms with E-state index in [1.165, 1.54) is 22.3 Å². The van der Waals surface area contributed by atoms with Crippen molar-refractivity contribution in [3.05, 3.63) is 160 Å². The van der Waals surface area contributed by atoms with Crippen molar-refractivity contribution in [3.8, 4) is 39.1 Å². The molecule has 0 saturated carbocycles. The number of benzene rings is 4. The smallest absolute Gasteiger partial charge is 0.118 e. The Hall–Kier alpha value is -6.37. The van der Waals surface area contributed by atoms with E-state index in [1.807, 2.05) is 12.1 Å². The maximum atomic E-state index is 5.62. The van der Waals surface area contributed by atoms with E-state index in [0.29, 0.717) is 0 Å². The number of hydrogen-bond acceptors (Lipinski definition) is 4. The van der Waals surface area contributed by atoms with Gasteiger partial charge in [0.2, 0.25) is 0 Å². The molecule has 67 heavy (non-hydrogen) atoms. The van der Waals surface area contributed by atoms with Gasteiger partial charge < -0.3 is 14.7 Å². The Labute approximate surface area is 401 Å². The number of hydrogen-bond donors (Lipinski definition) is 2. The summed E-state index contributed by atoms with van der Waals surface area (Å²) in [7, 11) is 1.71. The van der Waals surface area contributed by atoms with E-state index in [-0.39, 0.29) is 21.7 Å². The predicted molar refractivity (Wildman–Crippen MR) is 287 cm³/mol. The van der Waals surface area contributed by atoms with Crippen molar-refractivity contribution in [2.45, 2.75) is 115 Å². The fourth-order valence-corrected chi connectivity index (χ4v) is 9.80. The highest BCUT2D eigenvalue weighted by atomic mass is 32.2. The lowest BCUT2D eigenvalue weighted by Crippen LogP contribution is -2.16. The number of methoxy groups -OCH3 is 1. The summed E-state index contributed by atoms with van der Waals surface area (Å²) in [4.78, 5) is 21.3. The van der Waals surface area contributed by atoms with E-state index >= 15 is 0 Å². The van der Waals surface area contributed by atoms with Crippen LogP contribution in [0.2, 0.25) is 0 Å². The standard InChI is InChI=1S/C61H64N4OS/c1-58(2,3)40-31-38(32-41(35-40)59(4,5)6)55-48-25-23-46(62-48)54(37-17-15-14-16-18-37)47-24-26-49(63-47)56(39-33-42(60(7,8)9)36-43(34-39)61(10,11)12)51-28-30-53(65-51)57(52-29-27-50(55)64-52)67-45-21-19-44(66-13)20-22-45/h14-36,62,65H,1-13H3. The maximum absolute atomic E-state index is 5.62. The van der Waals surface area contributed by atoms with E-state index in [2.05, 4.69) is 220 Å². The van der Waals surface area contributed by atoms with Crippen molar-refractivity contribution >= 4 is 58.1 Å². The van der Waals surface area contributed by atoms with Crippen LogP contribution in [-0.4, -0.2) is 27.0 Å². The third-order valence-corrected chi connectivity index (χ3v) is 14.1. The molecule has 2 aliphatic rings. The van der Waals surface area contributed by atoms with E-state index in [1.54, 1.807) is 18.9 Å². The molecular weight excluding hydrogens is 837 g/mol. The van der Waals surface area contributed by atoms with Gasteiger partial charge in [-0.05, 0) is 133 Å². The molecule has 0 spiro atoms. The molecule has 0 atom stereocenters. The number of nitrogens with zero attached hydrogens (tertiary/aromatic N) is 2. The first-order valence-electron chi connectivity index (χ1n) is 23.5. The number of aromatic nitrogens is 4. The van der Waals surface area contributed by atoms with E-state index in [9.17, 15) is 0 Å². The Balaban J connectivity index is 1.46. The van der Waals surface area contributed by atoms with Gasteiger partial charge in [-0.2, -0.15) is 0 Å². The molecule has 0 saturated heterocycles. The summed E-state index contributed by atoms with van der Waals surface area (Å²) >= 11 is 1.71. The van der Waals surface area contributed by atoms with Gasteiger partial charge in [0, 0.05) is 38.1 Å². The summed E-state index contributed by atoms with van der Waals surface area (Å²) in [5, 5.41) is 0. The quantitative estimate of drug-likeness (QED) is 0.174. The number of aromatic amines is 2. The minimum Gasteiger partial charge on any atom is -0.497 e. The zero-order chi connectivity index (χ0) is 47.6. The summed E-state index contributed by atoms with van der Waals surface area (Å²) in [5.74, 6) is 0.820. The Morgan fingerprint density at radius 2 is 0.776 bits per heavy atom. The molecule has 2 aliphatic heterocycles. The number of H-pyrrole nitrogens is 2. The number of fused-ring (bicyclic) bond motifs is 8. The number of rotatable bonds is 6. The van der Waals surface area contributed by atoms with Crippen LogP contribution in [0.1, 0.15) is 128 Å². The molecule has 9 rings (SSSR count). The highest BCUT2D eigenvalue weighted by molar-refractivity contribution is 7.99. The first kappa shape index (κ1) is 45.8. The second-order valence-electron chi connectivity index (χ2n) is 22.2. The molecule has 0 fully saturated rings. The van der Waals surface area contributed by atoms with Crippen molar-refractivity contribution in [1.29, 1.82) is 0 Å². The topological polar surface area (TPSA) is 66.6 Å². The number of nitrogens with one attached hydrogen (secondary N) is 2. The molecule has 0 amide bonds. The second kappa shape index (κ2) is 17.1. The fourth-order valence-electron chi connectivity index (χ4n) is 8.84. The van der Waals surface area contributed by atoms with Gasteiger partial charge in [0.25, 0.3) is 0 Å². The highest BCUT2D eigenvalue weighted by Crippen LogP contribution is 2.43. The molecule has 340 valence electrons. The summed E-state index contributed by atoms with van der Waals surface area (Å²) in [5.41, 5.74) is 18.9. The number of ether oxygens (including phenoxy) is 1. The predicted octanol–water partition coefficient (Wildman–Crippen LogP) is 17.0. The lowest BCUT2D eigenvalue weighted by molar-refractivity contribution is 0.414. The molecule has 7 aromatic rings. The Morgan fingerprint density at radius 1 is 0.403 bits per heavy atom. The van der Waals surface area contributed by atoms with Crippen LogP contribution in [0.25, 0.3) is 79.8 Å². The Morgan fingerprint density at radius 3 is 1.19 bits per heavy atom. The third-order valence-electron chi connectivity index (χ3n) is 13.0. The lowest BCUT2D eigenvalue weighted by atomic mass is 9.78. The van der Waals surface area contributed by atoms with Crippen LogP contribution in [0, 0.1) is 0 Å². The molecule has 6 heteroatoms. The monoisotopic (exact) mass is 900 g/mol. The van der Waals surface area contributed by atoms with Crippen LogP contribution in [0.3, 0.4) is 0 Å². The lowest BCUT2D eigenvalue weighted by Gasteiger charge is -2.26. The molecule has 2 N–H and O–H groups in total. The second-order valence-corrected chi connectivity index (χ2v) is 23.3. The molecular formula is C61H64N4OS. The van der Waals surface area contributed by atoms with E-state index in [4.69, 9.17) is 14.7 Å². The molecule has 0 aliphatic carbocycles. The SMILES string of the molecule is COc1ccc(Sc2c3nc(c(-c4cc(C(C)(C)C)cc(C(C)(C)C)c4)c4ccc([nH]4)c(-c4ccccc4)c4nc(c(-c5cc(C(C)(C)C)cc(C(C)(C)C)c5)c5ccc2[nH]5)C=C4)C=C3)cc1. The van der Waals surface area contributed by atoms with Gasteiger partial charge in [-0.1, -0.05) is 162 Å². The molecule has 0 unspecified atom stereocenters. The molecule has 8 bridgehead atoms. The van der Waals surface area contributed by atoms with Crippen LogP contribution in [0.15, 0.2) is 125 Å². The molecule has 5 heterocycles. The first-order valence-corrected chi connectivity index (χ1v) is 24.3. The molecule has 4 aromatic carbocycles. The third kappa shape index (κ3) is 9.34. The van der Waals surface area contributed by atoms with Gasteiger partial charge in [-0.25, -0.2) is 9.97 Å². The largest absolute Gasteiger partial charge is 0.497 e. The van der Waals surface area contributed by atoms with Crippen LogP contribution in [0.4, 0.5) is 0 Å². The zero-order valence-electron chi connectivity index (χ0n) is 41.5. The fraction of sp³-hybridized carbons (Fsp3) is 0.279. The Kier molecular flexibility index (Phi) is 11.7. The van der Waals surface area contributed by atoms with Crippen molar-refractivity contribution in [2.75, 3.05) is 7.11 Å². The molecule has 3 aromatic heterocycles. The average Bonchev–Trinajstić information content (AvgIpc) is 4.12. The van der Waals surface area contributed by atoms with Gasteiger partial charge in [-0.3, -0.25) is 0 Å². The van der Waals surface area contributed by atoms with Gasteiger partial charge in [0.15, 0.2) is 0 Å². The van der Waals surface area contributed by atoms with Crippen molar-refractivity contribution in [3.63, 3.8) is 0 Å². The minimum atomic E-state index is -0.0741. The highest BCUT2D eigenvalue weighted by Gasteiger charge is 2.26. The molecule has 5 nitrogen and oxygen atoms in total. The van der Waals surface area contributed by atoms with Crippen molar-refractivity contribution in [2.24, 2.45) is 0 Å². The van der Waals surface area contributed by atoms with Crippen LogP contribution < -0.4 is 4.74 Å². The average molecular weight is 901 g/mol. The maximum Gasteiger partial charge on any atom is 0.118 e. The summed E-state index contributed by atoms with van der Waals surface area (Å²) in [6, 6.07) is 42.1. The van der Waals surface area contributed by atoms with Crippen LogP contribution in [-0.2, 0) is 21.7 Å². The summed E-state index contributed by atoms with van der Waals surface area (Å²) < 4.78 is 5.57.